The van der Waals surface area contributed by atoms with Gasteiger partial charge < -0.3 is 19.3 Å². The average molecular weight is 369 g/mol. The number of hydrogen-bond acceptors (Lipinski definition) is 6. The van der Waals surface area contributed by atoms with Gasteiger partial charge in [-0.1, -0.05) is 0 Å². The van der Waals surface area contributed by atoms with Gasteiger partial charge in [0.25, 0.3) is 0 Å². The molecular formula is C21H27N3O3. The number of benzene rings is 1. The van der Waals surface area contributed by atoms with Gasteiger partial charge in [0.15, 0.2) is 0 Å². The smallest absolute Gasteiger partial charge is 0.305 e. The maximum Gasteiger partial charge on any atom is 0.305 e. The number of rotatable bonds is 8. The summed E-state index contributed by atoms with van der Waals surface area (Å²) in [5.41, 5.74) is 2.44. The van der Waals surface area contributed by atoms with E-state index in [2.05, 4.69) is 39.0 Å². The van der Waals surface area contributed by atoms with Gasteiger partial charge in [-0.2, -0.15) is 0 Å². The van der Waals surface area contributed by atoms with E-state index in [0.29, 0.717) is 26.1 Å². The molecule has 0 saturated carbocycles. The van der Waals surface area contributed by atoms with Gasteiger partial charge in [0.2, 0.25) is 0 Å². The van der Waals surface area contributed by atoms with Gasteiger partial charge in [0.05, 0.1) is 13.2 Å². The van der Waals surface area contributed by atoms with Crippen LogP contribution in [0.25, 0.3) is 0 Å². The fourth-order valence-electron chi connectivity index (χ4n) is 3.17. The molecule has 1 aliphatic rings. The number of piperazine rings is 1. The molecule has 0 N–H and O–H groups in total. The van der Waals surface area contributed by atoms with Crippen molar-refractivity contribution >= 4 is 17.3 Å². The lowest BCUT2D eigenvalue weighted by Crippen LogP contribution is -2.46. The summed E-state index contributed by atoms with van der Waals surface area (Å²) in [6.45, 7) is 6.73. The Morgan fingerprint density at radius 3 is 2.15 bits per heavy atom. The Labute approximate surface area is 160 Å². The normalized spacial score (nSPS) is 14.1. The van der Waals surface area contributed by atoms with Gasteiger partial charge >= 0.3 is 5.97 Å². The molecule has 1 aromatic carbocycles. The first-order chi connectivity index (χ1) is 13.3. The van der Waals surface area contributed by atoms with E-state index < -0.39 is 0 Å². The summed E-state index contributed by atoms with van der Waals surface area (Å²) in [6, 6.07) is 12.3. The zero-order valence-electron chi connectivity index (χ0n) is 15.8. The van der Waals surface area contributed by atoms with E-state index in [9.17, 15) is 4.79 Å². The zero-order chi connectivity index (χ0) is 18.9. The Bertz CT molecular complexity index is 698. The molecule has 1 aromatic heterocycles. The molecule has 3 rings (SSSR count). The number of anilines is 2. The minimum absolute atomic E-state index is 0.164. The standard InChI is InChI=1S/C21H27N3O3/c1-2-26-21(25)4-3-17-27-20-7-5-18(6-8-20)23-13-15-24(16-14-23)19-9-11-22-12-10-19/h5-12H,2-4,13-17H2,1H3. The third kappa shape index (κ3) is 5.61. The summed E-state index contributed by atoms with van der Waals surface area (Å²) in [5.74, 6) is 0.667. The number of aromatic nitrogens is 1. The van der Waals surface area contributed by atoms with Crippen molar-refractivity contribution in [2.24, 2.45) is 0 Å². The van der Waals surface area contributed by atoms with Crippen LogP contribution in [0.1, 0.15) is 19.8 Å². The second kappa shape index (κ2) is 9.80. The molecule has 6 heteroatoms. The van der Waals surface area contributed by atoms with Crippen molar-refractivity contribution in [1.29, 1.82) is 0 Å². The summed E-state index contributed by atoms with van der Waals surface area (Å²) in [6.07, 6.45) is 4.74. The van der Waals surface area contributed by atoms with Crippen LogP contribution in [-0.4, -0.2) is 50.3 Å². The summed E-state index contributed by atoms with van der Waals surface area (Å²) in [7, 11) is 0. The Hall–Kier alpha value is -2.76. The maximum atomic E-state index is 11.3. The second-order valence-electron chi connectivity index (χ2n) is 6.43. The van der Waals surface area contributed by atoms with Crippen molar-refractivity contribution in [2.75, 3.05) is 49.2 Å². The Balaban J connectivity index is 1.42. The van der Waals surface area contributed by atoms with Crippen LogP contribution in [0.15, 0.2) is 48.8 Å². The van der Waals surface area contributed by atoms with Crippen LogP contribution in [0.4, 0.5) is 11.4 Å². The highest BCUT2D eigenvalue weighted by molar-refractivity contribution is 5.69. The first-order valence-electron chi connectivity index (χ1n) is 9.54. The molecule has 1 aliphatic heterocycles. The average Bonchev–Trinajstić information content (AvgIpc) is 2.73. The Kier molecular flexibility index (Phi) is 6.90. The second-order valence-corrected chi connectivity index (χ2v) is 6.43. The van der Waals surface area contributed by atoms with Crippen LogP contribution in [0.3, 0.4) is 0 Å². The monoisotopic (exact) mass is 369 g/mol. The molecule has 2 heterocycles. The number of hydrogen-bond donors (Lipinski definition) is 0. The first-order valence-corrected chi connectivity index (χ1v) is 9.54. The molecule has 0 amide bonds. The van der Waals surface area contributed by atoms with Crippen LogP contribution in [0.5, 0.6) is 5.75 Å². The van der Waals surface area contributed by atoms with Gasteiger partial charge in [-0.05, 0) is 49.7 Å². The highest BCUT2D eigenvalue weighted by Crippen LogP contribution is 2.22. The van der Waals surface area contributed by atoms with Gasteiger partial charge in [-0.25, -0.2) is 0 Å². The predicted octanol–water partition coefficient (Wildman–Crippen LogP) is 3.13. The van der Waals surface area contributed by atoms with E-state index in [4.69, 9.17) is 9.47 Å². The molecule has 0 spiro atoms. The number of carbonyl (C=O) groups is 1. The molecule has 144 valence electrons. The van der Waals surface area contributed by atoms with Gasteiger partial charge in [0, 0.05) is 56.4 Å². The predicted molar refractivity (Wildman–Crippen MR) is 106 cm³/mol. The van der Waals surface area contributed by atoms with E-state index in [1.165, 1.54) is 11.4 Å². The van der Waals surface area contributed by atoms with Crippen LogP contribution in [0.2, 0.25) is 0 Å². The molecule has 0 atom stereocenters. The molecular weight excluding hydrogens is 342 g/mol. The molecule has 2 aromatic rings. The number of ether oxygens (including phenoxy) is 2. The number of carbonyl (C=O) groups excluding carboxylic acids is 1. The lowest BCUT2D eigenvalue weighted by atomic mass is 10.2. The van der Waals surface area contributed by atoms with Crippen LogP contribution >= 0.6 is 0 Å². The van der Waals surface area contributed by atoms with E-state index >= 15 is 0 Å². The highest BCUT2D eigenvalue weighted by Gasteiger charge is 2.17. The summed E-state index contributed by atoms with van der Waals surface area (Å²) in [4.78, 5) is 20.2. The molecule has 6 nitrogen and oxygen atoms in total. The number of nitrogens with zero attached hydrogens (tertiary/aromatic N) is 3. The van der Waals surface area contributed by atoms with Gasteiger partial charge in [-0.15, -0.1) is 0 Å². The van der Waals surface area contributed by atoms with Crippen LogP contribution in [-0.2, 0) is 9.53 Å². The van der Waals surface area contributed by atoms with Crippen molar-refractivity contribution in [3.8, 4) is 5.75 Å². The third-order valence-electron chi connectivity index (χ3n) is 4.61. The topological polar surface area (TPSA) is 54.9 Å². The molecule has 0 bridgehead atoms. The van der Waals surface area contributed by atoms with Crippen LogP contribution < -0.4 is 14.5 Å². The molecule has 1 saturated heterocycles. The number of pyridine rings is 1. The van der Waals surface area contributed by atoms with Crippen molar-refractivity contribution in [3.63, 3.8) is 0 Å². The molecule has 1 fully saturated rings. The fourth-order valence-corrected chi connectivity index (χ4v) is 3.17. The van der Waals surface area contributed by atoms with Gasteiger partial charge in [0.1, 0.15) is 5.75 Å². The fraction of sp³-hybridized carbons (Fsp3) is 0.429. The van der Waals surface area contributed by atoms with E-state index in [0.717, 1.165) is 31.9 Å². The maximum absolute atomic E-state index is 11.3. The minimum atomic E-state index is -0.164. The highest BCUT2D eigenvalue weighted by atomic mass is 16.5. The Morgan fingerprint density at radius 1 is 0.963 bits per heavy atom. The van der Waals surface area contributed by atoms with E-state index in [1.54, 1.807) is 0 Å². The molecule has 0 aliphatic carbocycles. The van der Waals surface area contributed by atoms with Crippen molar-refractivity contribution < 1.29 is 14.3 Å². The minimum Gasteiger partial charge on any atom is -0.494 e. The first kappa shape index (κ1) is 19.0. The molecule has 0 radical (unpaired) electrons. The lowest BCUT2D eigenvalue weighted by molar-refractivity contribution is -0.143. The SMILES string of the molecule is CCOC(=O)CCCOc1ccc(N2CCN(c3ccncc3)CC2)cc1. The van der Waals surface area contributed by atoms with E-state index in [1.807, 2.05) is 31.5 Å². The van der Waals surface area contributed by atoms with Crippen LogP contribution in [0, 0.1) is 0 Å². The van der Waals surface area contributed by atoms with Gasteiger partial charge in [-0.3, -0.25) is 9.78 Å². The quantitative estimate of drug-likeness (QED) is 0.526. The number of esters is 1. The van der Waals surface area contributed by atoms with Crippen molar-refractivity contribution in [2.45, 2.75) is 19.8 Å². The summed E-state index contributed by atoms with van der Waals surface area (Å²) >= 11 is 0. The van der Waals surface area contributed by atoms with Crippen molar-refractivity contribution in [1.82, 2.24) is 4.98 Å². The lowest BCUT2D eigenvalue weighted by Gasteiger charge is -2.37. The third-order valence-corrected chi connectivity index (χ3v) is 4.61. The zero-order valence-corrected chi connectivity index (χ0v) is 15.8. The summed E-state index contributed by atoms with van der Waals surface area (Å²) in [5, 5.41) is 0. The Morgan fingerprint density at radius 2 is 1.56 bits per heavy atom. The van der Waals surface area contributed by atoms with Crippen molar-refractivity contribution in [3.05, 3.63) is 48.8 Å². The largest absolute Gasteiger partial charge is 0.494 e. The summed E-state index contributed by atoms with van der Waals surface area (Å²) < 4.78 is 10.6. The van der Waals surface area contributed by atoms with E-state index in [-0.39, 0.29) is 5.97 Å². The molecule has 0 unspecified atom stereocenters. The molecule has 27 heavy (non-hydrogen) atoms.